The van der Waals surface area contributed by atoms with Crippen molar-refractivity contribution in [3.63, 3.8) is 0 Å². The molecule has 11 heteroatoms. The Morgan fingerprint density at radius 1 is 1.17 bits per heavy atom. The van der Waals surface area contributed by atoms with Gasteiger partial charge in [-0.2, -0.15) is 5.10 Å². The van der Waals surface area contributed by atoms with Gasteiger partial charge in [-0.15, -0.1) is 0 Å². The molecule has 9 nitrogen and oxygen atoms in total. The van der Waals surface area contributed by atoms with Crippen LogP contribution < -0.4 is 10.6 Å². The van der Waals surface area contributed by atoms with Gasteiger partial charge >= 0.3 is 0 Å². The van der Waals surface area contributed by atoms with Gasteiger partial charge in [0.15, 0.2) is 5.78 Å². The van der Waals surface area contributed by atoms with Crippen LogP contribution in [0.15, 0.2) is 36.4 Å². The van der Waals surface area contributed by atoms with E-state index in [9.17, 15) is 23.6 Å². The molecule has 0 unspecified atom stereocenters. The van der Waals surface area contributed by atoms with E-state index in [-0.39, 0.29) is 59.6 Å². The maximum absolute atomic E-state index is 14.1. The summed E-state index contributed by atoms with van der Waals surface area (Å²) in [5.74, 6) is -1.88. The van der Waals surface area contributed by atoms with Gasteiger partial charge in [-0.05, 0) is 37.1 Å². The lowest BCUT2D eigenvalue weighted by atomic mass is 10.1. The van der Waals surface area contributed by atoms with Crippen molar-refractivity contribution in [3.05, 3.63) is 58.5 Å². The minimum Gasteiger partial charge on any atom is -0.350 e. The quantitative estimate of drug-likeness (QED) is 0.426. The maximum Gasteiger partial charge on any atom is 0.245 e. The molecule has 36 heavy (non-hydrogen) atoms. The summed E-state index contributed by atoms with van der Waals surface area (Å²) in [6.45, 7) is 2.35. The van der Waals surface area contributed by atoms with Crippen LogP contribution in [-0.2, 0) is 27.5 Å². The number of rotatable bonds is 9. The normalized spacial score (nSPS) is 12.9. The number of nitrogens with zero attached hydrogens (tertiary/aromatic N) is 3. The van der Waals surface area contributed by atoms with Crippen LogP contribution >= 0.6 is 11.6 Å². The van der Waals surface area contributed by atoms with E-state index in [2.05, 4.69) is 15.7 Å². The summed E-state index contributed by atoms with van der Waals surface area (Å²) in [5.41, 5.74) is 1.50. The number of ketones is 1. The Kier molecular flexibility index (Phi) is 7.35. The molecule has 3 aromatic rings. The average Bonchev–Trinajstić information content (AvgIpc) is 3.60. The van der Waals surface area contributed by atoms with Crippen LogP contribution in [0.25, 0.3) is 10.9 Å². The number of nitrogens with one attached hydrogen (secondary N) is 2. The monoisotopic (exact) mass is 513 g/mol. The number of aromatic nitrogens is 2. The third kappa shape index (κ3) is 5.71. The molecular weight excluding hydrogens is 489 g/mol. The number of carbonyl (C=O) groups excluding carboxylic acids is 4. The van der Waals surface area contributed by atoms with Gasteiger partial charge in [-0.3, -0.25) is 23.9 Å². The van der Waals surface area contributed by atoms with Crippen molar-refractivity contribution < 1.29 is 23.6 Å². The number of carbonyl (C=O) groups is 4. The number of amides is 3. The highest BCUT2D eigenvalue weighted by Crippen LogP contribution is 2.28. The fourth-order valence-corrected chi connectivity index (χ4v) is 4.15. The second kappa shape index (κ2) is 10.4. The molecule has 0 spiro atoms. The molecule has 0 saturated heterocycles. The molecule has 1 fully saturated rings. The number of fused-ring (bicyclic) bond motifs is 1. The van der Waals surface area contributed by atoms with Gasteiger partial charge < -0.3 is 15.5 Å². The first kappa shape index (κ1) is 25.3. The Hall–Kier alpha value is -3.79. The predicted octanol–water partition coefficient (Wildman–Crippen LogP) is 3.30. The van der Waals surface area contributed by atoms with E-state index >= 15 is 0 Å². The molecule has 0 atom stereocenters. The van der Waals surface area contributed by atoms with Gasteiger partial charge in [0.1, 0.15) is 18.1 Å². The first-order valence-electron chi connectivity index (χ1n) is 11.4. The molecule has 1 aromatic heterocycles. The lowest BCUT2D eigenvalue weighted by Gasteiger charge is -2.22. The van der Waals surface area contributed by atoms with Crippen molar-refractivity contribution in [1.29, 1.82) is 0 Å². The Labute approximate surface area is 211 Å². The lowest BCUT2D eigenvalue weighted by Crippen LogP contribution is -2.43. The Morgan fingerprint density at radius 2 is 1.92 bits per heavy atom. The first-order chi connectivity index (χ1) is 17.1. The molecule has 2 N–H and O–H groups in total. The summed E-state index contributed by atoms with van der Waals surface area (Å²) in [4.78, 5) is 50.8. The smallest absolute Gasteiger partial charge is 0.245 e. The van der Waals surface area contributed by atoms with Crippen molar-refractivity contribution in [3.8, 4) is 0 Å². The predicted molar refractivity (Wildman–Crippen MR) is 132 cm³/mol. The van der Waals surface area contributed by atoms with Gasteiger partial charge in [-0.25, -0.2) is 4.39 Å². The zero-order valence-electron chi connectivity index (χ0n) is 19.8. The zero-order valence-corrected chi connectivity index (χ0v) is 20.6. The average molecular weight is 514 g/mol. The van der Waals surface area contributed by atoms with Crippen molar-refractivity contribution in [2.75, 3.05) is 11.9 Å². The summed E-state index contributed by atoms with van der Waals surface area (Å²) in [6.07, 6.45) is 1.56. The Balaban J connectivity index is 1.49. The summed E-state index contributed by atoms with van der Waals surface area (Å²) >= 11 is 5.79. The van der Waals surface area contributed by atoms with Crippen LogP contribution in [0.2, 0.25) is 5.02 Å². The molecule has 1 heterocycles. The van der Waals surface area contributed by atoms with Crippen LogP contribution in [0, 0.1) is 5.82 Å². The molecule has 3 amide bonds. The molecular formula is C25H25ClFN5O4. The number of benzene rings is 2. The molecule has 1 aliphatic rings. The van der Waals surface area contributed by atoms with Gasteiger partial charge in [0, 0.05) is 43.1 Å². The molecule has 1 saturated carbocycles. The Bertz CT molecular complexity index is 1370. The fourth-order valence-electron chi connectivity index (χ4n) is 3.96. The van der Waals surface area contributed by atoms with Crippen molar-refractivity contribution >= 4 is 51.7 Å². The van der Waals surface area contributed by atoms with E-state index in [1.165, 1.54) is 35.6 Å². The Morgan fingerprint density at radius 3 is 2.58 bits per heavy atom. The van der Waals surface area contributed by atoms with E-state index in [0.29, 0.717) is 16.6 Å². The highest BCUT2D eigenvalue weighted by Gasteiger charge is 2.34. The highest BCUT2D eigenvalue weighted by molar-refractivity contribution is 6.30. The minimum absolute atomic E-state index is 0.0305. The van der Waals surface area contributed by atoms with Crippen molar-refractivity contribution in [2.24, 2.45) is 0 Å². The van der Waals surface area contributed by atoms with E-state index in [1.54, 1.807) is 24.3 Å². The summed E-state index contributed by atoms with van der Waals surface area (Å²) in [7, 11) is 0. The van der Waals surface area contributed by atoms with Crippen LogP contribution in [0.3, 0.4) is 0 Å². The fraction of sp³-hybridized carbons (Fsp3) is 0.320. The number of halogens is 2. The van der Waals surface area contributed by atoms with Crippen LogP contribution in [0.4, 0.5) is 10.1 Å². The third-order valence-electron chi connectivity index (χ3n) is 5.82. The molecule has 4 rings (SSSR count). The van der Waals surface area contributed by atoms with Crippen molar-refractivity contribution in [2.45, 2.75) is 45.8 Å². The summed E-state index contributed by atoms with van der Waals surface area (Å²) < 4.78 is 15.5. The maximum atomic E-state index is 14.1. The van der Waals surface area contributed by atoms with Crippen LogP contribution in [0.1, 0.15) is 42.7 Å². The van der Waals surface area contributed by atoms with E-state index in [1.807, 2.05) is 0 Å². The molecule has 188 valence electrons. The first-order valence-corrected chi connectivity index (χ1v) is 11.8. The standard InChI is InChI=1S/C25H25ClFN5O4/c1-14(33)25-19-10-17(29-15(2)34)6-9-21(19)32(30-25)13-23(36)31(18-7-8-18)12-22(35)28-11-16-4-3-5-20(26)24(16)27/h3-6,9-10,18H,7-8,11-13H2,1-2H3,(H,28,35)(H,29,34). The molecule has 0 bridgehead atoms. The SMILES string of the molecule is CC(=O)Nc1ccc2c(c1)c(C(C)=O)nn2CC(=O)N(CC(=O)NCc1cccc(Cl)c1F)C1CC1. The minimum atomic E-state index is -0.594. The molecule has 2 aromatic carbocycles. The third-order valence-corrected chi connectivity index (χ3v) is 6.11. The largest absolute Gasteiger partial charge is 0.350 e. The van der Waals surface area contributed by atoms with Gasteiger partial charge in [0.05, 0.1) is 17.1 Å². The topological polar surface area (TPSA) is 113 Å². The van der Waals surface area contributed by atoms with E-state index in [4.69, 9.17) is 11.6 Å². The van der Waals surface area contributed by atoms with Crippen LogP contribution in [0.5, 0.6) is 0 Å². The molecule has 1 aliphatic carbocycles. The number of hydrogen-bond acceptors (Lipinski definition) is 5. The number of hydrogen-bond donors (Lipinski definition) is 2. The second-order valence-electron chi connectivity index (χ2n) is 8.72. The molecule has 0 radical (unpaired) electrons. The number of Topliss-reactive ketones (excluding diaryl/α,β-unsaturated/α-hetero) is 1. The van der Waals surface area contributed by atoms with E-state index < -0.39 is 11.7 Å². The molecule has 0 aliphatic heterocycles. The van der Waals surface area contributed by atoms with Crippen molar-refractivity contribution in [1.82, 2.24) is 20.0 Å². The van der Waals surface area contributed by atoms with E-state index in [0.717, 1.165) is 12.8 Å². The zero-order chi connectivity index (χ0) is 26.0. The van der Waals surface area contributed by atoms with Crippen LogP contribution in [-0.4, -0.2) is 50.8 Å². The number of anilines is 1. The highest BCUT2D eigenvalue weighted by atomic mass is 35.5. The summed E-state index contributed by atoms with van der Waals surface area (Å²) in [5, 5.41) is 10.1. The second-order valence-corrected chi connectivity index (χ2v) is 9.13. The lowest BCUT2D eigenvalue weighted by molar-refractivity contribution is -0.137. The van der Waals surface area contributed by atoms with Gasteiger partial charge in [0.25, 0.3) is 0 Å². The van der Waals surface area contributed by atoms with Gasteiger partial charge in [0.2, 0.25) is 17.7 Å². The summed E-state index contributed by atoms with van der Waals surface area (Å²) in [6, 6.07) is 9.47. The van der Waals surface area contributed by atoms with Gasteiger partial charge in [-0.1, -0.05) is 23.7 Å².